The standard InChI is InChI=1S/C29H32N4O5S/c1-19-20(2)31-38-27(19)32-39(35,36)26-12-8-7-11-25(26)24-14-13-22(28-30-15-16-37-28)17-23(24)18-33(3)29(34)21-9-5-4-6-10-21/h7-8,11-17,21,32H,4-6,9-10,18H2,1-3H3. The molecule has 2 aromatic heterocycles. The van der Waals surface area contributed by atoms with Gasteiger partial charge in [0, 0.05) is 36.2 Å². The Balaban J connectivity index is 1.55. The van der Waals surface area contributed by atoms with Gasteiger partial charge in [-0.15, -0.1) is 0 Å². The number of nitrogens with zero attached hydrogens (tertiary/aromatic N) is 3. The van der Waals surface area contributed by atoms with Crippen molar-refractivity contribution in [2.75, 3.05) is 11.8 Å². The van der Waals surface area contributed by atoms with E-state index in [1.165, 1.54) is 12.7 Å². The minimum atomic E-state index is -4.03. The SMILES string of the molecule is Cc1noc(NS(=O)(=O)c2ccccc2-c2ccc(-c3ncco3)cc2CN(C)C(=O)C2CCCCC2)c1C. The second-order valence-electron chi connectivity index (χ2n) is 10.1. The van der Waals surface area contributed by atoms with E-state index in [1.54, 1.807) is 56.3 Å². The third-order valence-corrected chi connectivity index (χ3v) is 8.76. The Labute approximate surface area is 228 Å². The molecular formula is C29H32N4O5S. The van der Waals surface area contributed by atoms with Gasteiger partial charge >= 0.3 is 0 Å². The smallest absolute Gasteiger partial charge is 0.264 e. The molecule has 2 aromatic carbocycles. The highest BCUT2D eigenvalue weighted by molar-refractivity contribution is 7.92. The first-order valence-corrected chi connectivity index (χ1v) is 14.6. The summed E-state index contributed by atoms with van der Waals surface area (Å²) in [5.74, 6) is 0.663. The van der Waals surface area contributed by atoms with Gasteiger partial charge in [0.2, 0.25) is 17.7 Å². The van der Waals surface area contributed by atoms with Crippen molar-refractivity contribution < 1.29 is 22.2 Å². The maximum absolute atomic E-state index is 13.6. The summed E-state index contributed by atoms with van der Waals surface area (Å²) < 4.78 is 40.4. The van der Waals surface area contributed by atoms with Crippen LogP contribution < -0.4 is 4.72 Å². The largest absolute Gasteiger partial charge is 0.445 e. The number of hydrogen-bond donors (Lipinski definition) is 1. The van der Waals surface area contributed by atoms with E-state index in [0.29, 0.717) is 34.8 Å². The van der Waals surface area contributed by atoms with Gasteiger partial charge in [-0.1, -0.05) is 48.7 Å². The van der Waals surface area contributed by atoms with Crippen molar-refractivity contribution >= 4 is 21.8 Å². The predicted octanol–water partition coefficient (Wildman–Crippen LogP) is 5.95. The first-order valence-electron chi connectivity index (χ1n) is 13.1. The topological polar surface area (TPSA) is 119 Å². The Bertz CT molecular complexity index is 1570. The molecule has 1 aliphatic carbocycles. The quantitative estimate of drug-likeness (QED) is 0.289. The molecule has 1 aliphatic rings. The van der Waals surface area contributed by atoms with E-state index in [-0.39, 0.29) is 22.6 Å². The highest BCUT2D eigenvalue weighted by Gasteiger charge is 2.27. The molecule has 10 heteroatoms. The normalized spacial score (nSPS) is 14.3. The van der Waals surface area contributed by atoms with Crippen LogP contribution in [-0.4, -0.2) is 36.4 Å². The molecule has 4 aromatic rings. The predicted molar refractivity (Wildman–Crippen MR) is 147 cm³/mol. The fraction of sp³-hybridized carbons (Fsp3) is 0.345. The van der Waals surface area contributed by atoms with Gasteiger partial charge < -0.3 is 13.8 Å². The third-order valence-electron chi connectivity index (χ3n) is 7.37. The van der Waals surface area contributed by atoms with E-state index in [1.807, 2.05) is 18.2 Å². The van der Waals surface area contributed by atoms with Crippen LogP contribution in [0.25, 0.3) is 22.6 Å². The maximum Gasteiger partial charge on any atom is 0.264 e. The van der Waals surface area contributed by atoms with Crippen molar-refractivity contribution in [3.05, 3.63) is 71.7 Å². The fourth-order valence-electron chi connectivity index (χ4n) is 5.09. The molecule has 1 saturated carbocycles. The molecule has 1 amide bonds. The first-order chi connectivity index (χ1) is 18.7. The number of carbonyl (C=O) groups is 1. The molecule has 0 aliphatic heterocycles. The van der Waals surface area contributed by atoms with Crippen LogP contribution in [0.3, 0.4) is 0 Å². The lowest BCUT2D eigenvalue weighted by molar-refractivity contribution is -0.135. The Kier molecular flexibility index (Phi) is 7.56. The number of carbonyl (C=O) groups excluding carboxylic acids is 1. The van der Waals surface area contributed by atoms with Crippen LogP contribution >= 0.6 is 0 Å². The molecular weight excluding hydrogens is 516 g/mol. The lowest BCUT2D eigenvalue weighted by atomic mass is 9.88. The second-order valence-corrected chi connectivity index (χ2v) is 11.7. The number of sulfonamides is 1. The van der Waals surface area contributed by atoms with Gasteiger partial charge in [-0.05, 0) is 56.0 Å². The average Bonchev–Trinajstić information content (AvgIpc) is 3.59. The molecule has 1 N–H and O–H groups in total. The number of anilines is 1. The second kappa shape index (κ2) is 11.1. The Morgan fingerprint density at radius 1 is 1.08 bits per heavy atom. The average molecular weight is 549 g/mol. The van der Waals surface area contributed by atoms with Crippen molar-refractivity contribution in [1.82, 2.24) is 15.0 Å². The van der Waals surface area contributed by atoms with E-state index in [9.17, 15) is 13.2 Å². The van der Waals surface area contributed by atoms with E-state index < -0.39 is 10.0 Å². The Hall–Kier alpha value is -3.92. The zero-order chi connectivity index (χ0) is 27.6. The molecule has 0 unspecified atom stereocenters. The molecule has 1 fully saturated rings. The number of nitrogens with one attached hydrogen (secondary N) is 1. The number of rotatable bonds is 8. The monoisotopic (exact) mass is 548 g/mol. The van der Waals surface area contributed by atoms with E-state index in [0.717, 1.165) is 36.8 Å². The van der Waals surface area contributed by atoms with Crippen LogP contribution in [0.4, 0.5) is 5.88 Å². The molecule has 9 nitrogen and oxygen atoms in total. The molecule has 0 radical (unpaired) electrons. The van der Waals surface area contributed by atoms with E-state index in [4.69, 9.17) is 8.94 Å². The van der Waals surface area contributed by atoms with Crippen LogP contribution in [0.1, 0.15) is 48.9 Å². The third kappa shape index (κ3) is 5.61. The van der Waals surface area contributed by atoms with Gasteiger partial charge in [0.25, 0.3) is 10.0 Å². The minimum absolute atomic E-state index is 0.0209. The minimum Gasteiger partial charge on any atom is -0.445 e. The van der Waals surface area contributed by atoms with Crippen molar-refractivity contribution in [1.29, 1.82) is 0 Å². The van der Waals surface area contributed by atoms with Gasteiger partial charge in [-0.3, -0.25) is 4.79 Å². The van der Waals surface area contributed by atoms with Gasteiger partial charge in [0.05, 0.1) is 16.8 Å². The summed E-state index contributed by atoms with van der Waals surface area (Å²) in [7, 11) is -2.23. The molecule has 5 rings (SSSR count). The maximum atomic E-state index is 13.6. The van der Waals surface area contributed by atoms with Crippen molar-refractivity contribution in [3.8, 4) is 22.6 Å². The number of aromatic nitrogens is 2. The number of benzene rings is 2. The summed E-state index contributed by atoms with van der Waals surface area (Å²) in [6, 6.07) is 12.4. The summed E-state index contributed by atoms with van der Waals surface area (Å²) in [5.41, 5.74) is 3.95. The molecule has 0 spiro atoms. The van der Waals surface area contributed by atoms with E-state index in [2.05, 4.69) is 14.9 Å². The fourth-order valence-corrected chi connectivity index (χ4v) is 6.36. The van der Waals surface area contributed by atoms with Crippen molar-refractivity contribution in [2.45, 2.75) is 57.4 Å². The molecule has 0 bridgehead atoms. The number of aryl methyl sites for hydroxylation is 1. The lowest BCUT2D eigenvalue weighted by Crippen LogP contribution is -2.33. The summed E-state index contributed by atoms with van der Waals surface area (Å²) in [6.07, 6.45) is 8.18. The highest BCUT2D eigenvalue weighted by atomic mass is 32.2. The Morgan fingerprint density at radius 2 is 1.85 bits per heavy atom. The zero-order valence-corrected chi connectivity index (χ0v) is 23.1. The van der Waals surface area contributed by atoms with Crippen LogP contribution in [0, 0.1) is 19.8 Å². The Morgan fingerprint density at radius 3 is 2.54 bits per heavy atom. The summed E-state index contributed by atoms with van der Waals surface area (Å²) in [5, 5.41) is 3.86. The molecule has 0 saturated heterocycles. The van der Waals surface area contributed by atoms with E-state index >= 15 is 0 Å². The van der Waals surface area contributed by atoms with Gasteiger partial charge in [0.1, 0.15) is 6.26 Å². The molecule has 204 valence electrons. The first kappa shape index (κ1) is 26.7. The van der Waals surface area contributed by atoms with Gasteiger partial charge in [-0.2, -0.15) is 0 Å². The van der Waals surface area contributed by atoms with Crippen molar-refractivity contribution in [2.24, 2.45) is 5.92 Å². The molecule has 2 heterocycles. The summed E-state index contributed by atoms with van der Waals surface area (Å²) >= 11 is 0. The van der Waals surface area contributed by atoms with Crippen LogP contribution in [-0.2, 0) is 21.4 Å². The highest BCUT2D eigenvalue weighted by Crippen LogP contribution is 2.35. The van der Waals surface area contributed by atoms with Crippen molar-refractivity contribution in [3.63, 3.8) is 0 Å². The van der Waals surface area contributed by atoms with Crippen LogP contribution in [0.2, 0.25) is 0 Å². The number of hydrogen-bond acceptors (Lipinski definition) is 7. The number of oxazole rings is 1. The lowest BCUT2D eigenvalue weighted by Gasteiger charge is -2.27. The van der Waals surface area contributed by atoms with Gasteiger partial charge in [0.15, 0.2) is 0 Å². The van der Waals surface area contributed by atoms with Crippen LogP contribution in [0.15, 0.2) is 68.8 Å². The number of amides is 1. The summed E-state index contributed by atoms with van der Waals surface area (Å²) in [6.45, 7) is 3.80. The van der Waals surface area contributed by atoms with Gasteiger partial charge in [-0.25, -0.2) is 18.1 Å². The zero-order valence-electron chi connectivity index (χ0n) is 22.3. The molecule has 39 heavy (non-hydrogen) atoms. The van der Waals surface area contributed by atoms with Crippen LogP contribution in [0.5, 0.6) is 0 Å². The molecule has 0 atom stereocenters. The summed E-state index contributed by atoms with van der Waals surface area (Å²) in [4.78, 5) is 19.4.